The molecular formula is C29H44FN3O5Si. The molecule has 1 spiro atoms. The highest BCUT2D eigenvalue weighted by atomic mass is 28.4. The first-order valence-electron chi connectivity index (χ1n) is 14.2. The van der Waals surface area contributed by atoms with Gasteiger partial charge in [0, 0.05) is 17.8 Å². The van der Waals surface area contributed by atoms with Crippen molar-refractivity contribution < 1.29 is 28.2 Å². The number of Topliss-reactive ketones (excluding diaryl/α,β-unsaturated/α-hetero) is 1. The molecular weight excluding hydrogens is 517 g/mol. The van der Waals surface area contributed by atoms with Gasteiger partial charge < -0.3 is 20.0 Å². The lowest BCUT2D eigenvalue weighted by molar-refractivity contribution is -0.179. The molecule has 1 amide bonds. The van der Waals surface area contributed by atoms with Crippen molar-refractivity contribution >= 4 is 25.7 Å². The summed E-state index contributed by atoms with van der Waals surface area (Å²) in [6.45, 7) is 14.4. The van der Waals surface area contributed by atoms with E-state index in [-0.39, 0.29) is 42.2 Å². The van der Waals surface area contributed by atoms with Crippen LogP contribution in [0.5, 0.6) is 0 Å². The van der Waals surface area contributed by atoms with Gasteiger partial charge >= 0.3 is 0 Å². The number of aliphatic hydroxyl groups excluding tert-OH is 1. The van der Waals surface area contributed by atoms with Gasteiger partial charge in [-0.05, 0) is 68.3 Å². The van der Waals surface area contributed by atoms with E-state index in [1.165, 1.54) is 0 Å². The molecule has 5 rings (SSSR count). The zero-order valence-corrected chi connectivity index (χ0v) is 25.3. The number of nitrogens with one attached hydrogen (secondary N) is 1. The summed E-state index contributed by atoms with van der Waals surface area (Å²) in [6, 6.07) is 0. The maximum absolute atomic E-state index is 17.5. The van der Waals surface area contributed by atoms with Crippen LogP contribution in [-0.2, 0) is 18.8 Å². The number of epoxide rings is 1. The quantitative estimate of drug-likeness (QED) is 0.259. The van der Waals surface area contributed by atoms with Crippen LogP contribution in [0.3, 0.4) is 0 Å². The summed E-state index contributed by atoms with van der Waals surface area (Å²) >= 11 is 0. The van der Waals surface area contributed by atoms with Crippen molar-refractivity contribution in [1.82, 2.24) is 5.43 Å². The number of alkyl halides is 1. The predicted molar refractivity (Wildman–Crippen MR) is 149 cm³/mol. The number of allylic oxidation sites excluding steroid dienone is 4. The molecule has 5 aliphatic rings. The topological polar surface area (TPSA) is 127 Å². The van der Waals surface area contributed by atoms with Crippen LogP contribution < -0.4 is 11.2 Å². The fourth-order valence-corrected chi connectivity index (χ4v) is 8.88. The van der Waals surface area contributed by atoms with Gasteiger partial charge in [-0.2, -0.15) is 5.10 Å². The lowest BCUT2D eigenvalue weighted by Crippen LogP contribution is -2.66. The average molecular weight is 562 g/mol. The van der Waals surface area contributed by atoms with Crippen LogP contribution in [0.15, 0.2) is 28.9 Å². The van der Waals surface area contributed by atoms with Crippen molar-refractivity contribution in [3.05, 3.63) is 23.8 Å². The number of halogens is 1. The number of hydrazone groups is 1. The maximum atomic E-state index is 17.5. The smallest absolute Gasteiger partial charge is 0.253 e. The highest BCUT2D eigenvalue weighted by molar-refractivity contribution is 6.74. The Hall–Kier alpha value is -1.72. The first-order chi connectivity index (χ1) is 18.0. The number of hydrogen-bond acceptors (Lipinski definition) is 7. The Morgan fingerprint density at radius 2 is 2.03 bits per heavy atom. The van der Waals surface area contributed by atoms with Gasteiger partial charge in [0.1, 0.15) is 5.60 Å². The number of aliphatic hydroxyl groups is 1. The van der Waals surface area contributed by atoms with Crippen molar-refractivity contribution in [3.63, 3.8) is 0 Å². The number of amides is 1. The Kier molecular flexibility index (Phi) is 6.56. The summed E-state index contributed by atoms with van der Waals surface area (Å²) < 4.78 is 30.2. The highest BCUT2D eigenvalue weighted by Gasteiger charge is 2.87. The third-order valence-corrected chi connectivity index (χ3v) is 15.7. The first-order valence-corrected chi connectivity index (χ1v) is 17.1. The van der Waals surface area contributed by atoms with E-state index < -0.39 is 48.5 Å². The highest BCUT2D eigenvalue weighted by Crippen LogP contribution is 2.76. The summed E-state index contributed by atoms with van der Waals surface area (Å²) in [5.74, 6) is -1.17. The minimum absolute atomic E-state index is 0.00697. The summed E-state index contributed by atoms with van der Waals surface area (Å²) in [4.78, 5) is 25.3. The summed E-state index contributed by atoms with van der Waals surface area (Å²) in [5, 5.41) is 15.7. The molecule has 0 aromatic rings. The van der Waals surface area contributed by atoms with E-state index in [2.05, 4.69) is 44.4 Å². The maximum Gasteiger partial charge on any atom is 0.253 e. The monoisotopic (exact) mass is 561 g/mol. The molecule has 8 nitrogen and oxygen atoms in total. The molecule has 216 valence electrons. The largest absolute Gasteiger partial charge is 0.409 e. The van der Waals surface area contributed by atoms with Gasteiger partial charge in [0.05, 0.1) is 25.0 Å². The fourth-order valence-electron chi connectivity index (χ4n) is 7.95. The third kappa shape index (κ3) is 3.77. The Morgan fingerprint density at radius 1 is 1.33 bits per heavy atom. The molecule has 4 N–H and O–H groups in total. The Labute approximate surface area is 231 Å². The number of ether oxygens (including phenoxy) is 1. The van der Waals surface area contributed by atoms with Crippen molar-refractivity contribution in [1.29, 1.82) is 0 Å². The van der Waals surface area contributed by atoms with Crippen molar-refractivity contribution in [2.45, 2.75) is 101 Å². The van der Waals surface area contributed by atoms with Crippen LogP contribution in [0.2, 0.25) is 18.1 Å². The van der Waals surface area contributed by atoms with E-state index in [4.69, 9.17) is 14.9 Å². The number of fused-ring (bicyclic) bond motifs is 4. The number of nitrogens with two attached hydrogens (primary N) is 1. The van der Waals surface area contributed by atoms with E-state index >= 15 is 4.39 Å². The Balaban J connectivity index is 1.41. The zero-order valence-electron chi connectivity index (χ0n) is 24.3. The molecule has 1 aliphatic heterocycles. The number of hydrogen-bond donors (Lipinski definition) is 3. The van der Waals surface area contributed by atoms with E-state index in [1.807, 2.05) is 19.9 Å². The second-order valence-corrected chi connectivity index (χ2v) is 18.9. The van der Waals surface area contributed by atoms with Gasteiger partial charge in [0.15, 0.2) is 25.4 Å². The van der Waals surface area contributed by atoms with E-state index in [1.54, 1.807) is 12.2 Å². The van der Waals surface area contributed by atoms with Crippen LogP contribution >= 0.6 is 0 Å². The molecule has 0 radical (unpaired) electrons. The second kappa shape index (κ2) is 8.89. The lowest BCUT2D eigenvalue weighted by atomic mass is 9.48. The standard InChI is InChI=1S/C29H44FN3O5Si/c1-17-12-21-20-9-8-18-13-19(32-33-24(36)15-31)10-11-26(18,5)28(20,30)22(34)14-27(21)29(17,38-27)23(35)16-37-39(6,7)25(2,3)4/h10-11,13,17,20-22,34H,8-9,12,14-16,31H2,1-7H3,(H,33,36)/b32-19+/t17-,20+,21+,22+,26+,27-,28+,29+/m1/s1. The fraction of sp³-hybridized carbons (Fsp3) is 0.759. The predicted octanol–water partition coefficient (Wildman–Crippen LogP) is 3.56. The molecule has 0 unspecified atom stereocenters. The molecule has 1 heterocycles. The van der Waals surface area contributed by atoms with Crippen LogP contribution in [0.25, 0.3) is 0 Å². The molecule has 39 heavy (non-hydrogen) atoms. The molecule has 1 saturated heterocycles. The normalized spacial score (nSPS) is 43.6. The second-order valence-electron chi connectivity index (χ2n) is 14.1. The molecule has 3 saturated carbocycles. The van der Waals surface area contributed by atoms with Crippen molar-refractivity contribution in [3.8, 4) is 0 Å². The average Bonchev–Trinajstić information content (AvgIpc) is 3.47. The van der Waals surface area contributed by atoms with E-state index in [9.17, 15) is 14.7 Å². The number of carbonyl (C=O) groups excluding carboxylic acids is 2. The van der Waals surface area contributed by atoms with Gasteiger partial charge in [-0.3, -0.25) is 9.59 Å². The molecule has 0 bridgehead atoms. The summed E-state index contributed by atoms with van der Waals surface area (Å²) in [5.41, 5.74) is 4.29. The van der Waals surface area contributed by atoms with E-state index in [0.29, 0.717) is 25.0 Å². The molecule has 0 aromatic carbocycles. The van der Waals surface area contributed by atoms with Gasteiger partial charge in [0.25, 0.3) is 5.91 Å². The van der Waals surface area contributed by atoms with Gasteiger partial charge in [-0.25, -0.2) is 9.82 Å². The molecule has 8 atom stereocenters. The third-order valence-electron chi connectivity index (χ3n) is 11.2. The molecule has 10 heteroatoms. The molecule has 0 aromatic heterocycles. The number of nitrogens with zero attached hydrogens (tertiary/aromatic N) is 1. The van der Waals surface area contributed by atoms with Crippen LogP contribution in [-0.4, -0.2) is 67.0 Å². The van der Waals surface area contributed by atoms with E-state index in [0.717, 1.165) is 5.57 Å². The van der Waals surface area contributed by atoms with Crippen LogP contribution in [0.4, 0.5) is 4.39 Å². The minimum atomic E-state index is -2.14. The summed E-state index contributed by atoms with van der Waals surface area (Å²) in [7, 11) is -2.14. The SMILES string of the molecule is C[C@@H]1C[C@H]2[C@@H]3CCC4=C/C(=N/NC(=O)CN)C=C[C@]4(C)[C@@]3(F)[C@@H](O)C[C@@]23O[C@]13C(=O)CO[Si](C)(C)C(C)(C)C. The zero-order chi connectivity index (χ0) is 28.8. The van der Waals surface area contributed by atoms with Gasteiger partial charge in [0.2, 0.25) is 0 Å². The van der Waals surface area contributed by atoms with Gasteiger partial charge in [-0.1, -0.05) is 39.3 Å². The van der Waals surface area contributed by atoms with Crippen LogP contribution in [0.1, 0.15) is 60.3 Å². The number of carbonyl (C=O) groups is 2. The minimum Gasteiger partial charge on any atom is -0.409 e. The van der Waals surface area contributed by atoms with Crippen molar-refractivity contribution in [2.24, 2.45) is 34.0 Å². The Morgan fingerprint density at radius 3 is 2.67 bits per heavy atom. The molecule has 4 fully saturated rings. The Bertz CT molecular complexity index is 1180. The lowest BCUT2D eigenvalue weighted by Gasteiger charge is -2.59. The molecule has 4 aliphatic carbocycles. The van der Waals surface area contributed by atoms with Gasteiger partial charge in [-0.15, -0.1) is 0 Å². The number of rotatable bonds is 6. The summed E-state index contributed by atoms with van der Waals surface area (Å²) in [6.07, 6.45) is 5.93. The van der Waals surface area contributed by atoms with Crippen molar-refractivity contribution in [2.75, 3.05) is 13.2 Å². The number of ketones is 1. The van der Waals surface area contributed by atoms with Crippen LogP contribution in [0, 0.1) is 23.2 Å². The first kappa shape index (κ1) is 28.8.